The zero-order chi connectivity index (χ0) is 21.1. The summed E-state index contributed by atoms with van der Waals surface area (Å²) < 4.78 is 13.0. The maximum absolute atomic E-state index is 12.8. The van der Waals surface area contributed by atoms with Gasteiger partial charge in [0, 0.05) is 37.0 Å². The van der Waals surface area contributed by atoms with Crippen LogP contribution in [0.2, 0.25) is 0 Å². The number of amides is 1. The summed E-state index contributed by atoms with van der Waals surface area (Å²) in [7, 11) is 1.68. The van der Waals surface area contributed by atoms with E-state index in [-0.39, 0.29) is 17.4 Å². The van der Waals surface area contributed by atoms with E-state index >= 15 is 0 Å². The van der Waals surface area contributed by atoms with E-state index in [2.05, 4.69) is 5.32 Å². The number of rotatable bonds is 5. The highest BCUT2D eigenvalue weighted by atomic mass is 16.5. The smallest absolute Gasteiger partial charge is 0.250 e. The van der Waals surface area contributed by atoms with Crippen molar-refractivity contribution in [2.24, 2.45) is 13.0 Å². The van der Waals surface area contributed by atoms with E-state index in [0.29, 0.717) is 48.1 Å². The van der Waals surface area contributed by atoms with Crippen LogP contribution < -0.4 is 21.3 Å². The fraction of sp³-hybridized carbons (Fsp3) is 0.217. The van der Waals surface area contributed by atoms with E-state index in [9.17, 15) is 9.59 Å². The van der Waals surface area contributed by atoms with Crippen molar-refractivity contribution in [1.29, 1.82) is 0 Å². The molecular formula is C23H23N3O4. The maximum Gasteiger partial charge on any atom is 0.250 e. The van der Waals surface area contributed by atoms with E-state index in [1.54, 1.807) is 25.4 Å². The van der Waals surface area contributed by atoms with Gasteiger partial charge in [-0.05, 0) is 36.8 Å². The van der Waals surface area contributed by atoms with Gasteiger partial charge in [-0.15, -0.1) is 0 Å². The zero-order valence-electron chi connectivity index (χ0n) is 16.6. The molecule has 1 aromatic heterocycles. The molecular weight excluding hydrogens is 382 g/mol. The average Bonchev–Trinajstić information content (AvgIpc) is 3.29. The lowest BCUT2D eigenvalue weighted by Crippen LogP contribution is -2.23. The van der Waals surface area contributed by atoms with Gasteiger partial charge in [-0.25, -0.2) is 0 Å². The second kappa shape index (κ2) is 8.42. The SMILES string of the molecule is Cn1cc(-c2ccc(N)c(NC(=O)C3CCOC3)c2Oc2ccccc2)ccc1=O. The molecule has 0 saturated carbocycles. The number of benzene rings is 2. The Labute approximate surface area is 174 Å². The van der Waals surface area contributed by atoms with Crippen molar-refractivity contribution >= 4 is 17.3 Å². The van der Waals surface area contributed by atoms with Gasteiger partial charge < -0.3 is 25.1 Å². The summed E-state index contributed by atoms with van der Waals surface area (Å²) >= 11 is 0. The number of anilines is 2. The van der Waals surface area contributed by atoms with Gasteiger partial charge in [-0.1, -0.05) is 18.2 Å². The topological polar surface area (TPSA) is 95.6 Å². The van der Waals surface area contributed by atoms with Crippen LogP contribution in [0, 0.1) is 5.92 Å². The fourth-order valence-electron chi connectivity index (χ4n) is 3.39. The highest BCUT2D eigenvalue weighted by molar-refractivity contribution is 6.00. The van der Waals surface area contributed by atoms with Gasteiger partial charge in [0.2, 0.25) is 11.5 Å². The van der Waals surface area contributed by atoms with Crippen molar-refractivity contribution < 1.29 is 14.3 Å². The third-order valence-corrected chi connectivity index (χ3v) is 5.10. The van der Waals surface area contributed by atoms with Gasteiger partial charge in [0.15, 0.2) is 5.75 Å². The highest BCUT2D eigenvalue weighted by Gasteiger charge is 2.26. The molecule has 1 aliphatic rings. The van der Waals surface area contributed by atoms with Crippen LogP contribution in [0.4, 0.5) is 11.4 Å². The second-order valence-corrected chi connectivity index (χ2v) is 7.24. The standard InChI is InChI=1S/C23H23N3O4/c1-26-13-15(7-10-20(26)27)18-8-9-19(24)21(25-23(28)16-11-12-29-14-16)22(18)30-17-5-3-2-4-6-17/h2-10,13,16H,11-12,14,24H2,1H3,(H,25,28). The molecule has 7 heteroatoms. The fourth-order valence-corrected chi connectivity index (χ4v) is 3.39. The molecule has 0 bridgehead atoms. The van der Waals surface area contributed by atoms with Gasteiger partial charge in [-0.2, -0.15) is 0 Å². The molecule has 3 aromatic rings. The Hall–Kier alpha value is -3.58. The van der Waals surface area contributed by atoms with E-state index in [1.807, 2.05) is 36.4 Å². The normalized spacial score (nSPS) is 15.7. The zero-order valence-corrected chi connectivity index (χ0v) is 16.6. The minimum atomic E-state index is -0.227. The third kappa shape index (κ3) is 4.06. The van der Waals surface area contributed by atoms with Crippen molar-refractivity contribution in [3.05, 3.63) is 71.1 Å². The van der Waals surface area contributed by atoms with Crippen LogP contribution >= 0.6 is 0 Å². The minimum absolute atomic E-state index is 0.116. The molecule has 2 aromatic carbocycles. The first kappa shape index (κ1) is 19.7. The first-order valence-electron chi connectivity index (χ1n) is 9.74. The molecule has 0 spiro atoms. The quantitative estimate of drug-likeness (QED) is 0.635. The lowest BCUT2D eigenvalue weighted by molar-refractivity contribution is -0.119. The molecule has 3 N–H and O–H groups in total. The van der Waals surface area contributed by atoms with Gasteiger partial charge in [0.25, 0.3) is 0 Å². The number of nitrogen functional groups attached to an aromatic ring is 1. The molecule has 0 aliphatic carbocycles. The van der Waals surface area contributed by atoms with Crippen molar-refractivity contribution in [2.45, 2.75) is 6.42 Å². The maximum atomic E-state index is 12.8. The molecule has 30 heavy (non-hydrogen) atoms. The number of pyridine rings is 1. The number of hydrogen-bond acceptors (Lipinski definition) is 5. The molecule has 1 saturated heterocycles. The monoisotopic (exact) mass is 405 g/mol. The van der Waals surface area contributed by atoms with E-state index in [0.717, 1.165) is 5.56 Å². The van der Waals surface area contributed by atoms with Crippen molar-refractivity contribution in [3.63, 3.8) is 0 Å². The molecule has 1 fully saturated rings. The Morgan fingerprint density at radius 1 is 1.17 bits per heavy atom. The molecule has 4 rings (SSSR count). The summed E-state index contributed by atoms with van der Waals surface area (Å²) in [6, 6.07) is 16.0. The van der Waals surface area contributed by atoms with Crippen LogP contribution in [-0.4, -0.2) is 23.7 Å². The summed E-state index contributed by atoms with van der Waals surface area (Å²) in [4.78, 5) is 24.6. The summed E-state index contributed by atoms with van der Waals surface area (Å²) in [5.74, 6) is 0.644. The highest BCUT2D eigenvalue weighted by Crippen LogP contribution is 2.43. The van der Waals surface area contributed by atoms with Gasteiger partial charge in [0.05, 0.1) is 18.2 Å². The molecule has 1 amide bonds. The Bertz CT molecular complexity index is 1120. The van der Waals surface area contributed by atoms with Crippen molar-refractivity contribution in [3.8, 4) is 22.6 Å². The largest absolute Gasteiger partial charge is 0.454 e. The van der Waals surface area contributed by atoms with E-state index in [4.69, 9.17) is 15.2 Å². The first-order valence-corrected chi connectivity index (χ1v) is 9.74. The third-order valence-electron chi connectivity index (χ3n) is 5.10. The molecule has 2 heterocycles. The van der Waals surface area contributed by atoms with Crippen LogP contribution in [0.5, 0.6) is 11.5 Å². The van der Waals surface area contributed by atoms with Crippen LogP contribution in [-0.2, 0) is 16.6 Å². The minimum Gasteiger partial charge on any atom is -0.454 e. The second-order valence-electron chi connectivity index (χ2n) is 7.24. The number of aromatic nitrogens is 1. The number of aryl methyl sites for hydroxylation is 1. The van der Waals surface area contributed by atoms with E-state index in [1.165, 1.54) is 10.6 Å². The number of nitrogens with two attached hydrogens (primary N) is 1. The van der Waals surface area contributed by atoms with Crippen LogP contribution in [0.15, 0.2) is 65.6 Å². The van der Waals surface area contributed by atoms with E-state index < -0.39 is 0 Å². The molecule has 1 aliphatic heterocycles. The summed E-state index contributed by atoms with van der Waals surface area (Å²) in [6.45, 7) is 0.958. The lowest BCUT2D eigenvalue weighted by Gasteiger charge is -2.19. The molecule has 1 atom stereocenters. The number of carbonyl (C=O) groups is 1. The number of carbonyl (C=O) groups excluding carboxylic acids is 1. The molecule has 7 nitrogen and oxygen atoms in total. The van der Waals surface area contributed by atoms with Crippen LogP contribution in [0.3, 0.4) is 0 Å². The summed E-state index contributed by atoms with van der Waals surface area (Å²) in [5, 5.41) is 2.94. The number of nitrogens with zero attached hydrogens (tertiary/aromatic N) is 1. The average molecular weight is 405 g/mol. The Balaban J connectivity index is 1.81. The number of ether oxygens (including phenoxy) is 2. The van der Waals surface area contributed by atoms with Gasteiger partial charge in [0.1, 0.15) is 11.4 Å². The Morgan fingerprint density at radius 2 is 1.97 bits per heavy atom. The summed E-state index contributed by atoms with van der Waals surface area (Å²) in [6.07, 6.45) is 2.39. The predicted octanol–water partition coefficient (Wildman–Crippen LogP) is 3.40. The number of hydrogen-bond donors (Lipinski definition) is 2. The Morgan fingerprint density at radius 3 is 2.67 bits per heavy atom. The molecule has 0 radical (unpaired) electrons. The Kier molecular flexibility index (Phi) is 5.54. The van der Waals surface area contributed by atoms with Gasteiger partial charge >= 0.3 is 0 Å². The number of nitrogens with one attached hydrogen (secondary N) is 1. The van der Waals surface area contributed by atoms with Crippen LogP contribution in [0.1, 0.15) is 6.42 Å². The van der Waals surface area contributed by atoms with Gasteiger partial charge in [-0.3, -0.25) is 9.59 Å². The van der Waals surface area contributed by atoms with Crippen LogP contribution in [0.25, 0.3) is 11.1 Å². The first-order chi connectivity index (χ1) is 14.5. The molecule has 154 valence electrons. The summed E-state index contributed by atoms with van der Waals surface area (Å²) in [5.41, 5.74) is 8.40. The van der Waals surface area contributed by atoms with Crippen molar-refractivity contribution in [1.82, 2.24) is 4.57 Å². The number of para-hydroxylation sites is 1. The molecule has 1 unspecified atom stereocenters. The van der Waals surface area contributed by atoms with Crippen molar-refractivity contribution in [2.75, 3.05) is 24.3 Å². The predicted molar refractivity (Wildman–Crippen MR) is 116 cm³/mol. The lowest BCUT2D eigenvalue weighted by atomic mass is 10.0.